The quantitative estimate of drug-likeness (QED) is 0.780. The molecule has 0 radical (unpaired) electrons. The van der Waals surface area contributed by atoms with Gasteiger partial charge < -0.3 is 5.73 Å². The van der Waals surface area contributed by atoms with Gasteiger partial charge in [-0.25, -0.2) is 0 Å². The Bertz CT molecular complexity index is 303. The smallest absolute Gasteiger partial charge is 0.218 e. The van der Waals surface area contributed by atoms with Gasteiger partial charge in [0.1, 0.15) is 0 Å². The molecule has 0 saturated heterocycles. The van der Waals surface area contributed by atoms with Crippen LogP contribution in [0.15, 0.2) is 24.3 Å². The van der Waals surface area contributed by atoms with E-state index in [0.717, 1.165) is 6.42 Å². The van der Waals surface area contributed by atoms with Gasteiger partial charge in [0.15, 0.2) is 0 Å². The number of nitrogens with two attached hydrogens (primary N) is 1. The SMILES string of the molecule is CCC(CC(N)=O)c1ccc(C)cc1. The van der Waals surface area contributed by atoms with Crippen LogP contribution < -0.4 is 5.73 Å². The number of hydrogen-bond acceptors (Lipinski definition) is 1. The normalized spacial score (nSPS) is 12.4. The molecule has 14 heavy (non-hydrogen) atoms. The lowest BCUT2D eigenvalue weighted by Gasteiger charge is -2.13. The van der Waals surface area contributed by atoms with Crippen molar-refractivity contribution in [3.63, 3.8) is 0 Å². The second-order valence-corrected chi connectivity index (χ2v) is 3.69. The van der Waals surface area contributed by atoms with Crippen molar-refractivity contribution < 1.29 is 4.79 Å². The fourth-order valence-electron chi connectivity index (χ4n) is 1.58. The van der Waals surface area contributed by atoms with Gasteiger partial charge in [0.2, 0.25) is 5.91 Å². The van der Waals surface area contributed by atoms with Crippen molar-refractivity contribution in [1.29, 1.82) is 0 Å². The highest BCUT2D eigenvalue weighted by molar-refractivity contribution is 5.74. The maximum absolute atomic E-state index is 10.8. The molecule has 2 N–H and O–H groups in total. The van der Waals surface area contributed by atoms with Crippen molar-refractivity contribution in [2.24, 2.45) is 5.73 Å². The van der Waals surface area contributed by atoms with Crippen LogP contribution in [0.1, 0.15) is 36.8 Å². The van der Waals surface area contributed by atoms with E-state index in [2.05, 4.69) is 38.1 Å². The summed E-state index contributed by atoms with van der Waals surface area (Å²) < 4.78 is 0. The lowest BCUT2D eigenvalue weighted by molar-refractivity contribution is -0.118. The van der Waals surface area contributed by atoms with Gasteiger partial charge >= 0.3 is 0 Å². The molecule has 2 nitrogen and oxygen atoms in total. The zero-order chi connectivity index (χ0) is 10.6. The van der Waals surface area contributed by atoms with Gasteiger partial charge in [0.25, 0.3) is 0 Å². The van der Waals surface area contributed by atoms with Gasteiger partial charge in [-0.1, -0.05) is 36.8 Å². The summed E-state index contributed by atoms with van der Waals surface area (Å²) in [5.74, 6) is 0.0468. The summed E-state index contributed by atoms with van der Waals surface area (Å²) in [6, 6.07) is 8.29. The Hall–Kier alpha value is -1.31. The van der Waals surface area contributed by atoms with E-state index in [1.54, 1.807) is 0 Å². The Morgan fingerprint density at radius 2 is 1.93 bits per heavy atom. The molecule has 1 atom stereocenters. The van der Waals surface area contributed by atoms with Gasteiger partial charge in [-0.15, -0.1) is 0 Å². The van der Waals surface area contributed by atoms with E-state index in [1.807, 2.05) is 0 Å². The molecule has 0 saturated carbocycles. The predicted octanol–water partition coefficient (Wildman–Crippen LogP) is 2.36. The molecule has 1 unspecified atom stereocenters. The molecule has 76 valence electrons. The van der Waals surface area contributed by atoms with Crippen LogP contribution in [0.5, 0.6) is 0 Å². The predicted molar refractivity (Wildman–Crippen MR) is 58.0 cm³/mol. The first-order chi connectivity index (χ1) is 6.63. The van der Waals surface area contributed by atoms with E-state index < -0.39 is 0 Å². The third kappa shape index (κ3) is 2.87. The molecule has 1 aromatic carbocycles. The third-order valence-electron chi connectivity index (χ3n) is 2.49. The second kappa shape index (κ2) is 4.80. The highest BCUT2D eigenvalue weighted by Crippen LogP contribution is 2.22. The van der Waals surface area contributed by atoms with Gasteiger partial charge in [-0.3, -0.25) is 4.79 Å². The van der Waals surface area contributed by atoms with Crippen molar-refractivity contribution in [1.82, 2.24) is 0 Å². The number of primary amides is 1. The second-order valence-electron chi connectivity index (χ2n) is 3.69. The molecule has 1 rings (SSSR count). The maximum atomic E-state index is 10.8. The minimum atomic E-state index is -0.225. The van der Waals surface area contributed by atoms with E-state index >= 15 is 0 Å². The lowest BCUT2D eigenvalue weighted by atomic mass is 9.92. The van der Waals surface area contributed by atoms with Crippen LogP contribution in [0, 0.1) is 6.92 Å². The Morgan fingerprint density at radius 3 is 2.36 bits per heavy atom. The van der Waals surface area contributed by atoms with Crippen LogP contribution in [0.4, 0.5) is 0 Å². The van der Waals surface area contributed by atoms with Gasteiger partial charge in [-0.2, -0.15) is 0 Å². The standard InChI is InChI=1S/C12H17NO/c1-3-10(8-12(13)14)11-6-4-9(2)5-7-11/h4-7,10H,3,8H2,1-2H3,(H2,13,14). The summed E-state index contributed by atoms with van der Waals surface area (Å²) in [5, 5.41) is 0. The van der Waals surface area contributed by atoms with Crippen molar-refractivity contribution >= 4 is 5.91 Å². The molecule has 1 amide bonds. The van der Waals surface area contributed by atoms with E-state index in [4.69, 9.17) is 5.73 Å². The minimum Gasteiger partial charge on any atom is -0.370 e. The van der Waals surface area contributed by atoms with Crippen LogP contribution >= 0.6 is 0 Å². The van der Waals surface area contributed by atoms with Crippen LogP contribution in [0.25, 0.3) is 0 Å². The summed E-state index contributed by atoms with van der Waals surface area (Å²) >= 11 is 0. The van der Waals surface area contributed by atoms with Crippen LogP contribution in [0.3, 0.4) is 0 Å². The van der Waals surface area contributed by atoms with E-state index in [1.165, 1.54) is 11.1 Å². The Balaban J connectivity index is 2.78. The first-order valence-electron chi connectivity index (χ1n) is 4.98. The molecule has 0 spiro atoms. The Kier molecular flexibility index (Phi) is 3.69. The molecule has 0 aromatic heterocycles. The third-order valence-corrected chi connectivity index (χ3v) is 2.49. The lowest BCUT2D eigenvalue weighted by Crippen LogP contribution is -2.14. The van der Waals surface area contributed by atoms with Crippen molar-refractivity contribution in [3.05, 3.63) is 35.4 Å². The fraction of sp³-hybridized carbons (Fsp3) is 0.417. The zero-order valence-electron chi connectivity index (χ0n) is 8.79. The van der Waals surface area contributed by atoms with E-state index in [0.29, 0.717) is 6.42 Å². The van der Waals surface area contributed by atoms with Crippen LogP contribution in [-0.2, 0) is 4.79 Å². The van der Waals surface area contributed by atoms with Crippen molar-refractivity contribution in [2.75, 3.05) is 0 Å². The van der Waals surface area contributed by atoms with Crippen LogP contribution in [-0.4, -0.2) is 5.91 Å². The first-order valence-corrected chi connectivity index (χ1v) is 4.98. The molecule has 2 heteroatoms. The van der Waals surface area contributed by atoms with E-state index in [9.17, 15) is 4.79 Å². The number of benzene rings is 1. The molecular formula is C12H17NO. The first kappa shape index (κ1) is 10.8. The van der Waals surface area contributed by atoms with Gasteiger partial charge in [0.05, 0.1) is 0 Å². The molecule has 0 aliphatic heterocycles. The monoisotopic (exact) mass is 191 g/mol. The molecule has 0 fully saturated rings. The molecular weight excluding hydrogens is 174 g/mol. The summed E-state index contributed by atoms with van der Waals surface area (Å²) in [6.45, 7) is 4.13. The Morgan fingerprint density at radius 1 is 1.36 bits per heavy atom. The summed E-state index contributed by atoms with van der Waals surface area (Å²) in [7, 11) is 0. The molecule has 0 bridgehead atoms. The molecule has 0 aliphatic carbocycles. The highest BCUT2D eigenvalue weighted by Gasteiger charge is 2.11. The zero-order valence-corrected chi connectivity index (χ0v) is 8.79. The number of amides is 1. The summed E-state index contributed by atoms with van der Waals surface area (Å²) in [5.41, 5.74) is 7.64. The van der Waals surface area contributed by atoms with E-state index in [-0.39, 0.29) is 11.8 Å². The number of hydrogen-bond donors (Lipinski definition) is 1. The molecule has 1 aromatic rings. The Labute approximate surface area is 85.1 Å². The molecule has 0 heterocycles. The number of carbonyl (C=O) groups is 1. The summed E-state index contributed by atoms with van der Waals surface area (Å²) in [4.78, 5) is 10.8. The largest absolute Gasteiger partial charge is 0.370 e. The average Bonchev–Trinajstić information content (AvgIpc) is 2.15. The molecule has 0 aliphatic rings. The fourth-order valence-corrected chi connectivity index (χ4v) is 1.58. The number of aryl methyl sites for hydroxylation is 1. The topological polar surface area (TPSA) is 43.1 Å². The van der Waals surface area contributed by atoms with Crippen molar-refractivity contribution in [3.8, 4) is 0 Å². The average molecular weight is 191 g/mol. The minimum absolute atomic E-state index is 0.225. The maximum Gasteiger partial charge on any atom is 0.218 e. The highest BCUT2D eigenvalue weighted by atomic mass is 16.1. The van der Waals surface area contributed by atoms with Crippen LogP contribution in [0.2, 0.25) is 0 Å². The van der Waals surface area contributed by atoms with Crippen molar-refractivity contribution in [2.45, 2.75) is 32.6 Å². The number of rotatable bonds is 4. The van der Waals surface area contributed by atoms with Gasteiger partial charge in [0, 0.05) is 6.42 Å². The van der Waals surface area contributed by atoms with Gasteiger partial charge in [-0.05, 0) is 24.8 Å². The number of carbonyl (C=O) groups excluding carboxylic acids is 1. The summed E-state index contributed by atoms with van der Waals surface area (Å²) in [6.07, 6.45) is 1.39.